The molecule has 0 radical (unpaired) electrons. The molecule has 1 atom stereocenters. The fourth-order valence-electron chi connectivity index (χ4n) is 6.31. The van der Waals surface area contributed by atoms with Crippen molar-refractivity contribution in [3.63, 3.8) is 0 Å². The number of carboxylic acids is 1. The Hall–Kier alpha value is -2.82. The highest BCUT2D eigenvalue weighted by Crippen LogP contribution is 2.52. The van der Waals surface area contributed by atoms with Crippen molar-refractivity contribution in [3.05, 3.63) is 35.4 Å². The molecular weight excluding hydrogens is 501 g/mol. The van der Waals surface area contributed by atoms with Gasteiger partial charge in [0.2, 0.25) is 5.91 Å². The van der Waals surface area contributed by atoms with E-state index in [1.807, 2.05) is 4.90 Å². The first-order valence-corrected chi connectivity index (χ1v) is 13.4. The van der Waals surface area contributed by atoms with Gasteiger partial charge in [0.15, 0.2) is 0 Å². The van der Waals surface area contributed by atoms with E-state index in [2.05, 4.69) is 46.0 Å². The first-order chi connectivity index (χ1) is 18.0. The molecule has 11 heteroatoms. The average molecular weight is 539 g/mol. The van der Waals surface area contributed by atoms with Crippen LogP contribution in [0, 0.1) is 0 Å². The van der Waals surface area contributed by atoms with Crippen LogP contribution >= 0.6 is 0 Å². The molecule has 0 saturated carbocycles. The Morgan fingerprint density at radius 2 is 1.45 bits per heavy atom. The maximum absolute atomic E-state index is 13.1. The Bertz CT molecular complexity index is 1010. The van der Waals surface area contributed by atoms with Crippen LogP contribution in [0.1, 0.15) is 55.6 Å². The number of rotatable bonds is 2. The lowest BCUT2D eigenvalue weighted by atomic mass is 9.73. The molecule has 1 spiro atoms. The zero-order valence-electron chi connectivity index (χ0n) is 21.9. The lowest BCUT2D eigenvalue weighted by molar-refractivity contribution is -0.192. The van der Waals surface area contributed by atoms with Crippen molar-refractivity contribution >= 4 is 17.9 Å². The second kappa shape index (κ2) is 11.5. The molecule has 210 valence electrons. The molecule has 1 N–H and O–H groups in total. The fraction of sp³-hybridized carbons (Fsp3) is 0.667. The van der Waals surface area contributed by atoms with Crippen molar-refractivity contribution in [1.82, 2.24) is 19.6 Å². The van der Waals surface area contributed by atoms with E-state index in [1.165, 1.54) is 11.1 Å². The average Bonchev–Trinajstić information content (AvgIpc) is 3.52. The van der Waals surface area contributed by atoms with Gasteiger partial charge >= 0.3 is 18.2 Å². The molecule has 8 nitrogen and oxygen atoms in total. The Balaban J connectivity index is 0.000000426. The summed E-state index contributed by atoms with van der Waals surface area (Å²) in [5.41, 5.74) is 2.95. The Morgan fingerprint density at radius 3 is 2.03 bits per heavy atom. The number of likely N-dealkylation sites (N-methyl/N-ethyl adjacent to an activating group) is 1. The minimum absolute atomic E-state index is 0.130. The maximum atomic E-state index is 13.1. The summed E-state index contributed by atoms with van der Waals surface area (Å²) in [5.74, 6) is -2.14. The minimum atomic E-state index is -5.08. The first kappa shape index (κ1) is 28.2. The molecule has 4 aliphatic rings. The van der Waals surface area contributed by atoms with Gasteiger partial charge in [0.25, 0.3) is 0 Å². The second-order valence-corrected chi connectivity index (χ2v) is 10.9. The molecule has 1 aromatic carbocycles. The lowest BCUT2D eigenvalue weighted by Gasteiger charge is -2.41. The molecule has 0 aromatic heterocycles. The van der Waals surface area contributed by atoms with Crippen LogP contribution in [0.15, 0.2) is 24.3 Å². The number of aliphatic carboxylic acids is 1. The van der Waals surface area contributed by atoms with Gasteiger partial charge in [0.05, 0.1) is 0 Å². The Labute approximate surface area is 221 Å². The highest BCUT2D eigenvalue weighted by atomic mass is 19.4. The summed E-state index contributed by atoms with van der Waals surface area (Å²) in [6.07, 6.45) is 0.905. The molecule has 3 saturated heterocycles. The van der Waals surface area contributed by atoms with Crippen molar-refractivity contribution in [3.8, 4) is 0 Å². The predicted molar refractivity (Wildman–Crippen MR) is 135 cm³/mol. The monoisotopic (exact) mass is 538 g/mol. The number of likely N-dealkylation sites (tertiary alicyclic amines) is 2. The molecule has 1 aliphatic carbocycles. The number of alkyl halides is 3. The van der Waals surface area contributed by atoms with E-state index in [0.717, 1.165) is 84.5 Å². The van der Waals surface area contributed by atoms with E-state index in [1.54, 1.807) is 0 Å². The molecule has 3 amide bonds. The molecule has 3 fully saturated rings. The fourth-order valence-corrected chi connectivity index (χ4v) is 6.31. The molecule has 38 heavy (non-hydrogen) atoms. The van der Waals surface area contributed by atoms with Crippen molar-refractivity contribution in [2.24, 2.45) is 0 Å². The molecule has 1 aromatic rings. The van der Waals surface area contributed by atoms with Gasteiger partial charge in [-0.15, -0.1) is 0 Å². The zero-order chi connectivity index (χ0) is 27.5. The molecule has 0 bridgehead atoms. The van der Waals surface area contributed by atoms with Crippen LogP contribution in [0.3, 0.4) is 0 Å². The highest BCUT2D eigenvalue weighted by molar-refractivity contribution is 5.78. The number of fused-ring (bicyclic) bond motifs is 2. The van der Waals surface area contributed by atoms with Gasteiger partial charge in [-0.25, -0.2) is 9.59 Å². The van der Waals surface area contributed by atoms with Crippen molar-refractivity contribution < 1.29 is 32.7 Å². The van der Waals surface area contributed by atoms with Gasteiger partial charge in [-0.05, 0) is 61.6 Å². The number of carbonyl (C=O) groups excluding carboxylic acids is 2. The zero-order valence-corrected chi connectivity index (χ0v) is 21.9. The van der Waals surface area contributed by atoms with E-state index >= 15 is 0 Å². The third kappa shape index (κ3) is 6.24. The predicted octanol–water partition coefficient (Wildman–Crippen LogP) is 3.52. The second-order valence-electron chi connectivity index (χ2n) is 10.9. The van der Waals surface area contributed by atoms with E-state index in [9.17, 15) is 22.8 Å². The number of amides is 3. The number of carbonyl (C=O) groups is 3. The smallest absolute Gasteiger partial charge is 0.475 e. The number of hydrogen-bond acceptors (Lipinski definition) is 4. The van der Waals surface area contributed by atoms with Gasteiger partial charge < -0.3 is 24.7 Å². The number of carboxylic acid groups (broad SMARTS) is 1. The van der Waals surface area contributed by atoms with E-state index < -0.39 is 12.1 Å². The summed E-state index contributed by atoms with van der Waals surface area (Å²) in [4.78, 5) is 43.3. The number of halogens is 3. The number of hydrogen-bond donors (Lipinski definition) is 1. The summed E-state index contributed by atoms with van der Waals surface area (Å²) >= 11 is 0. The SMILES string of the molecule is CN1CCN(C(=O)CC2CC3(CCN(C(=O)N4CCCC4)CC3)c3ccccc32)CC1.O=C(O)C(F)(F)F. The third-order valence-corrected chi connectivity index (χ3v) is 8.50. The summed E-state index contributed by atoms with van der Waals surface area (Å²) in [6.45, 7) is 7.14. The quantitative estimate of drug-likeness (QED) is 0.623. The van der Waals surface area contributed by atoms with Gasteiger partial charge in [0, 0.05) is 58.8 Å². The topological polar surface area (TPSA) is 84.4 Å². The summed E-state index contributed by atoms with van der Waals surface area (Å²) < 4.78 is 31.7. The Morgan fingerprint density at radius 1 is 0.895 bits per heavy atom. The molecule has 5 rings (SSSR count). The van der Waals surface area contributed by atoms with Crippen LogP contribution in [0.4, 0.5) is 18.0 Å². The first-order valence-electron chi connectivity index (χ1n) is 13.4. The number of piperidine rings is 1. The largest absolute Gasteiger partial charge is 0.490 e. The van der Waals surface area contributed by atoms with Crippen molar-refractivity contribution in [2.45, 2.75) is 56.0 Å². The van der Waals surface area contributed by atoms with Crippen LogP contribution in [0.2, 0.25) is 0 Å². The molecular formula is C27H37F3N4O4. The molecule has 1 unspecified atom stereocenters. The van der Waals surface area contributed by atoms with Crippen LogP contribution in [0.25, 0.3) is 0 Å². The van der Waals surface area contributed by atoms with Crippen LogP contribution < -0.4 is 0 Å². The summed E-state index contributed by atoms with van der Waals surface area (Å²) in [6, 6.07) is 9.03. The standard InChI is InChI=1S/C25H36N4O2.C2HF3O2/c1-26-14-16-27(17-15-26)23(30)18-20-19-25(22-7-3-2-6-21(20)22)8-12-29(13-9-25)24(31)28-10-4-5-11-28;3-2(4,5)1(6)7/h2-3,6-7,20H,4-5,8-19H2,1H3;(H,6,7). The third-order valence-electron chi connectivity index (χ3n) is 8.50. The molecule has 3 aliphatic heterocycles. The van der Waals surface area contributed by atoms with Gasteiger partial charge in [-0.2, -0.15) is 13.2 Å². The molecule has 3 heterocycles. The van der Waals surface area contributed by atoms with E-state index in [0.29, 0.717) is 18.2 Å². The van der Waals surface area contributed by atoms with Crippen LogP contribution in [-0.2, 0) is 15.0 Å². The number of nitrogens with zero attached hydrogens (tertiary/aromatic N) is 4. The minimum Gasteiger partial charge on any atom is -0.475 e. The van der Waals surface area contributed by atoms with Crippen LogP contribution in [-0.4, -0.2) is 108 Å². The van der Waals surface area contributed by atoms with E-state index in [-0.39, 0.29) is 11.4 Å². The highest BCUT2D eigenvalue weighted by Gasteiger charge is 2.47. The normalized spacial score (nSPS) is 23.2. The number of piperazine rings is 1. The van der Waals surface area contributed by atoms with Gasteiger partial charge in [-0.3, -0.25) is 4.79 Å². The number of benzene rings is 1. The summed E-state index contributed by atoms with van der Waals surface area (Å²) in [5, 5.41) is 7.12. The lowest BCUT2D eigenvalue weighted by Crippen LogP contribution is -2.49. The van der Waals surface area contributed by atoms with Gasteiger partial charge in [-0.1, -0.05) is 24.3 Å². The van der Waals surface area contributed by atoms with Crippen molar-refractivity contribution in [2.75, 3.05) is 59.4 Å². The van der Waals surface area contributed by atoms with Crippen molar-refractivity contribution in [1.29, 1.82) is 0 Å². The van der Waals surface area contributed by atoms with Crippen LogP contribution in [0.5, 0.6) is 0 Å². The van der Waals surface area contributed by atoms with Gasteiger partial charge in [0.1, 0.15) is 0 Å². The maximum Gasteiger partial charge on any atom is 0.490 e. The summed E-state index contributed by atoms with van der Waals surface area (Å²) in [7, 11) is 2.12. The Kier molecular flexibility index (Phi) is 8.54. The van der Waals surface area contributed by atoms with E-state index in [4.69, 9.17) is 9.90 Å². The number of urea groups is 1.